The Morgan fingerprint density at radius 1 is 1.07 bits per heavy atom. The van der Waals surface area contributed by atoms with Gasteiger partial charge in [0, 0.05) is 12.8 Å². The maximum absolute atomic E-state index is 10.9. The van der Waals surface area contributed by atoms with Crippen LogP contribution in [0.15, 0.2) is 0 Å². The third-order valence-corrected chi connectivity index (χ3v) is 1.54. The van der Waals surface area contributed by atoms with Gasteiger partial charge >= 0.3 is 0 Å². The molecular weight excluding hydrogens is 186 g/mol. The monoisotopic (exact) mass is 201 g/mol. The Hall–Kier alpha value is -1.59. The highest BCUT2D eigenvalue weighted by molar-refractivity contribution is 5.90. The number of rotatable bonds is 5. The topological polar surface area (TPSA) is 101 Å². The fraction of sp³-hybridized carbons (Fsp3) is 0.625. The molecule has 0 heterocycles. The first-order chi connectivity index (χ1) is 6.51. The number of carbonyl (C=O) groups excluding carboxylic acids is 3. The van der Waals surface area contributed by atoms with Gasteiger partial charge in [0.25, 0.3) is 5.91 Å². The van der Waals surface area contributed by atoms with Crippen LogP contribution < -0.4 is 16.4 Å². The number of hydrogen-bond acceptors (Lipinski definition) is 3. The van der Waals surface area contributed by atoms with Crippen molar-refractivity contribution in [1.82, 2.24) is 10.6 Å². The van der Waals surface area contributed by atoms with E-state index in [4.69, 9.17) is 5.73 Å². The summed E-state index contributed by atoms with van der Waals surface area (Å²) in [6, 6.07) is 0. The smallest absolute Gasteiger partial charge is 0.260 e. The largest absolute Gasteiger partial charge is 0.366 e. The first-order valence-electron chi connectivity index (χ1n) is 4.39. The van der Waals surface area contributed by atoms with Gasteiger partial charge in [-0.05, 0) is 0 Å². The van der Waals surface area contributed by atoms with E-state index in [1.807, 2.05) is 0 Å². The molecule has 0 aliphatic heterocycles. The van der Waals surface area contributed by atoms with Gasteiger partial charge in [-0.3, -0.25) is 14.4 Å². The maximum Gasteiger partial charge on any atom is 0.260 e. The van der Waals surface area contributed by atoms with Crippen LogP contribution in [0.4, 0.5) is 0 Å². The lowest BCUT2D eigenvalue weighted by molar-refractivity contribution is -0.131. The van der Waals surface area contributed by atoms with Crippen molar-refractivity contribution in [2.24, 2.45) is 5.73 Å². The molecule has 0 saturated heterocycles. The highest BCUT2D eigenvalue weighted by Crippen LogP contribution is 1.84. The van der Waals surface area contributed by atoms with E-state index in [0.717, 1.165) is 0 Å². The SMILES string of the molecule is CCC(=O)NC(NC(=O)CC)C(N)=O. The second-order valence-corrected chi connectivity index (χ2v) is 2.68. The lowest BCUT2D eigenvalue weighted by Crippen LogP contribution is -2.55. The number of primary amides is 1. The minimum absolute atomic E-state index is 0.228. The lowest BCUT2D eigenvalue weighted by atomic mass is 10.3. The number of nitrogens with one attached hydrogen (secondary N) is 2. The zero-order valence-corrected chi connectivity index (χ0v) is 8.29. The minimum atomic E-state index is -1.12. The van der Waals surface area contributed by atoms with Gasteiger partial charge in [0.05, 0.1) is 0 Å². The zero-order valence-electron chi connectivity index (χ0n) is 8.29. The molecule has 0 saturated carbocycles. The zero-order chi connectivity index (χ0) is 11.1. The van der Waals surface area contributed by atoms with Crippen LogP contribution in [0.1, 0.15) is 26.7 Å². The Kier molecular flexibility index (Phi) is 5.28. The first-order valence-corrected chi connectivity index (χ1v) is 4.39. The summed E-state index contributed by atoms with van der Waals surface area (Å²) in [6.07, 6.45) is -0.660. The molecular formula is C8H15N3O3. The number of hydrogen-bond donors (Lipinski definition) is 3. The van der Waals surface area contributed by atoms with Crippen LogP contribution in [0.5, 0.6) is 0 Å². The summed E-state index contributed by atoms with van der Waals surface area (Å²) in [5.41, 5.74) is 4.97. The molecule has 0 aliphatic carbocycles. The van der Waals surface area contributed by atoms with E-state index in [1.165, 1.54) is 0 Å². The molecule has 0 spiro atoms. The van der Waals surface area contributed by atoms with Crippen molar-refractivity contribution in [2.45, 2.75) is 32.9 Å². The molecule has 0 bridgehead atoms. The average Bonchev–Trinajstić information content (AvgIpc) is 2.16. The quantitative estimate of drug-likeness (QED) is 0.489. The minimum Gasteiger partial charge on any atom is -0.366 e. The second kappa shape index (κ2) is 5.95. The molecule has 4 N–H and O–H groups in total. The van der Waals surface area contributed by atoms with Crippen LogP contribution in [0.25, 0.3) is 0 Å². The van der Waals surface area contributed by atoms with Crippen LogP contribution in [0, 0.1) is 0 Å². The van der Waals surface area contributed by atoms with Gasteiger partial charge in [-0.2, -0.15) is 0 Å². The summed E-state index contributed by atoms with van der Waals surface area (Å²) in [4.78, 5) is 32.6. The highest BCUT2D eigenvalue weighted by Gasteiger charge is 2.18. The Labute approximate surface area is 82.2 Å². The molecule has 14 heavy (non-hydrogen) atoms. The molecule has 6 nitrogen and oxygen atoms in total. The summed E-state index contributed by atoms with van der Waals surface area (Å²) < 4.78 is 0. The Morgan fingerprint density at radius 2 is 1.43 bits per heavy atom. The normalized spacial score (nSPS) is 9.64. The van der Waals surface area contributed by atoms with Gasteiger partial charge in [-0.1, -0.05) is 13.8 Å². The Morgan fingerprint density at radius 3 is 1.64 bits per heavy atom. The second-order valence-electron chi connectivity index (χ2n) is 2.68. The molecule has 6 heteroatoms. The number of amides is 3. The predicted octanol–water partition coefficient (Wildman–Crippen LogP) is -1.15. The van der Waals surface area contributed by atoms with E-state index >= 15 is 0 Å². The van der Waals surface area contributed by atoms with Gasteiger partial charge in [0.15, 0.2) is 6.17 Å². The molecule has 0 aromatic carbocycles. The van der Waals surface area contributed by atoms with E-state index in [1.54, 1.807) is 13.8 Å². The van der Waals surface area contributed by atoms with Gasteiger partial charge in [-0.25, -0.2) is 0 Å². The molecule has 0 aromatic rings. The molecule has 80 valence electrons. The van der Waals surface area contributed by atoms with Gasteiger partial charge < -0.3 is 16.4 Å². The van der Waals surface area contributed by atoms with Crippen molar-refractivity contribution in [2.75, 3.05) is 0 Å². The fourth-order valence-corrected chi connectivity index (χ4v) is 0.704. The van der Waals surface area contributed by atoms with Gasteiger partial charge in [0.2, 0.25) is 11.8 Å². The maximum atomic E-state index is 10.9. The van der Waals surface area contributed by atoms with E-state index < -0.39 is 12.1 Å². The number of nitrogens with two attached hydrogens (primary N) is 1. The lowest BCUT2D eigenvalue weighted by Gasteiger charge is -2.15. The summed E-state index contributed by atoms with van der Waals surface area (Å²) in [7, 11) is 0. The Bertz CT molecular complexity index is 222. The molecule has 0 aliphatic rings. The van der Waals surface area contributed by atoms with Crippen LogP contribution in [-0.4, -0.2) is 23.9 Å². The Balaban J connectivity index is 4.23. The third-order valence-electron chi connectivity index (χ3n) is 1.54. The molecule has 0 atom stereocenters. The van der Waals surface area contributed by atoms with Crippen molar-refractivity contribution >= 4 is 17.7 Å². The van der Waals surface area contributed by atoms with Crippen molar-refractivity contribution < 1.29 is 14.4 Å². The van der Waals surface area contributed by atoms with Gasteiger partial charge in [-0.15, -0.1) is 0 Å². The molecule has 3 amide bonds. The van der Waals surface area contributed by atoms with Gasteiger partial charge in [0.1, 0.15) is 0 Å². The molecule has 0 fully saturated rings. The van der Waals surface area contributed by atoms with Crippen LogP contribution in [0.2, 0.25) is 0 Å². The predicted molar refractivity (Wildman–Crippen MR) is 49.8 cm³/mol. The molecule has 0 rings (SSSR count). The van der Waals surface area contributed by atoms with Crippen molar-refractivity contribution in [3.05, 3.63) is 0 Å². The molecule has 0 aromatic heterocycles. The van der Waals surface area contributed by atoms with Crippen LogP contribution >= 0.6 is 0 Å². The summed E-state index contributed by atoms with van der Waals surface area (Å²) in [5, 5.41) is 4.57. The third kappa shape index (κ3) is 4.44. The first kappa shape index (κ1) is 12.4. The summed E-state index contributed by atoms with van der Waals surface area (Å²) in [6.45, 7) is 3.27. The van der Waals surface area contributed by atoms with Crippen molar-refractivity contribution in [1.29, 1.82) is 0 Å². The van der Waals surface area contributed by atoms with Crippen LogP contribution in [-0.2, 0) is 14.4 Å². The van der Waals surface area contributed by atoms with E-state index in [0.29, 0.717) is 0 Å². The number of carbonyl (C=O) groups is 3. The standard InChI is InChI=1S/C8H15N3O3/c1-3-5(12)10-8(7(9)14)11-6(13)4-2/h8H,3-4H2,1-2H3,(H2,9,14)(H,10,12)(H,11,13). The fourth-order valence-electron chi connectivity index (χ4n) is 0.704. The van der Waals surface area contributed by atoms with Crippen molar-refractivity contribution in [3.63, 3.8) is 0 Å². The van der Waals surface area contributed by atoms with Crippen LogP contribution in [0.3, 0.4) is 0 Å². The van der Waals surface area contributed by atoms with Crippen molar-refractivity contribution in [3.8, 4) is 0 Å². The average molecular weight is 201 g/mol. The summed E-state index contributed by atoms with van der Waals surface area (Å²) in [5.74, 6) is -1.47. The van der Waals surface area contributed by atoms with E-state index in [9.17, 15) is 14.4 Å². The van der Waals surface area contributed by atoms with E-state index in [2.05, 4.69) is 10.6 Å². The summed E-state index contributed by atoms with van der Waals surface area (Å²) >= 11 is 0. The van der Waals surface area contributed by atoms with E-state index in [-0.39, 0.29) is 24.7 Å². The molecule has 0 unspecified atom stereocenters. The highest BCUT2D eigenvalue weighted by atomic mass is 16.2. The molecule has 0 radical (unpaired) electrons.